The average Bonchev–Trinajstić information content (AvgIpc) is 2.46. The van der Waals surface area contributed by atoms with E-state index in [0.29, 0.717) is 19.5 Å². The number of sulfonamides is 1. The number of piperazine rings is 1. The molecule has 2 heterocycles. The van der Waals surface area contributed by atoms with Crippen LogP contribution in [0.15, 0.2) is 18.3 Å². The molecule has 116 valence electrons. The van der Waals surface area contributed by atoms with Gasteiger partial charge in [-0.3, -0.25) is 4.79 Å². The number of hydrogen-bond donors (Lipinski definition) is 0. The molecule has 1 aromatic heterocycles. The van der Waals surface area contributed by atoms with Gasteiger partial charge in [0.2, 0.25) is 16.0 Å². The van der Waals surface area contributed by atoms with Crippen molar-refractivity contribution in [2.75, 3.05) is 31.9 Å². The molecule has 1 amide bonds. The van der Waals surface area contributed by atoms with Crippen molar-refractivity contribution in [3.8, 4) is 0 Å². The van der Waals surface area contributed by atoms with Crippen molar-refractivity contribution in [1.82, 2.24) is 14.2 Å². The molecule has 0 radical (unpaired) electrons. The van der Waals surface area contributed by atoms with Gasteiger partial charge >= 0.3 is 0 Å². The average molecular weight is 315 g/mol. The molecule has 0 spiro atoms. The minimum absolute atomic E-state index is 0.122. The fourth-order valence-electron chi connectivity index (χ4n) is 2.27. The molecule has 2 rings (SSSR count). The Hall–Kier alpha value is -1.54. The summed E-state index contributed by atoms with van der Waals surface area (Å²) in [6.07, 6.45) is 1.81. The molecule has 0 N–H and O–H groups in total. The fraction of sp³-hybridized carbons (Fsp3) is 0.538. The van der Waals surface area contributed by atoms with Crippen LogP contribution in [0.5, 0.6) is 0 Å². The Bertz CT molecular complexity index is 613. The van der Waals surface area contributed by atoms with Gasteiger partial charge in [-0.05, 0) is 12.5 Å². The molecule has 1 aliphatic rings. The maximum Gasteiger partial charge on any atom is 0.254 e. The first-order chi connectivity index (χ1) is 9.94. The van der Waals surface area contributed by atoms with Crippen LogP contribution in [0.2, 0.25) is 0 Å². The first-order valence-electron chi connectivity index (χ1n) is 6.82. The number of carbonyl (C=O) groups excluding carboxylic acids is 1. The lowest BCUT2D eigenvalue weighted by Gasteiger charge is -2.34. The van der Waals surface area contributed by atoms with Crippen LogP contribution in [0.25, 0.3) is 0 Å². The van der Waals surface area contributed by atoms with Gasteiger partial charge in [-0.2, -0.15) is 8.70 Å². The first kappa shape index (κ1) is 15.8. The highest BCUT2D eigenvalue weighted by Gasteiger charge is 2.28. The summed E-state index contributed by atoms with van der Waals surface area (Å²) in [4.78, 5) is 17.1. The van der Waals surface area contributed by atoms with E-state index in [1.54, 1.807) is 0 Å². The molecular weight excluding hydrogens is 297 g/mol. The van der Waals surface area contributed by atoms with Crippen molar-refractivity contribution >= 4 is 15.9 Å². The van der Waals surface area contributed by atoms with Crippen molar-refractivity contribution in [2.45, 2.75) is 13.3 Å². The Morgan fingerprint density at radius 3 is 2.57 bits per heavy atom. The zero-order chi connectivity index (χ0) is 15.5. The minimum atomic E-state index is -3.23. The molecule has 0 saturated carbocycles. The van der Waals surface area contributed by atoms with E-state index >= 15 is 0 Å². The van der Waals surface area contributed by atoms with E-state index in [0.717, 1.165) is 6.07 Å². The molecule has 1 saturated heterocycles. The van der Waals surface area contributed by atoms with E-state index in [-0.39, 0.29) is 30.3 Å². The van der Waals surface area contributed by atoms with Gasteiger partial charge in [0, 0.05) is 44.0 Å². The summed E-state index contributed by atoms with van der Waals surface area (Å²) in [5.74, 6) is -0.884. The van der Waals surface area contributed by atoms with E-state index in [4.69, 9.17) is 0 Å². The number of carbonyl (C=O) groups is 1. The zero-order valence-electron chi connectivity index (χ0n) is 11.8. The third-order valence-corrected chi connectivity index (χ3v) is 5.43. The van der Waals surface area contributed by atoms with Crippen LogP contribution in [-0.2, 0) is 10.0 Å². The number of aromatic nitrogens is 1. The summed E-state index contributed by atoms with van der Waals surface area (Å²) >= 11 is 0. The topological polar surface area (TPSA) is 70.6 Å². The monoisotopic (exact) mass is 315 g/mol. The van der Waals surface area contributed by atoms with Crippen LogP contribution in [0.3, 0.4) is 0 Å². The lowest BCUT2D eigenvalue weighted by molar-refractivity contribution is 0.0697. The van der Waals surface area contributed by atoms with Crippen molar-refractivity contribution in [3.05, 3.63) is 29.8 Å². The number of hydrogen-bond acceptors (Lipinski definition) is 4. The summed E-state index contributed by atoms with van der Waals surface area (Å²) in [7, 11) is -3.23. The molecule has 8 heteroatoms. The normalized spacial score (nSPS) is 17.0. The van der Waals surface area contributed by atoms with Gasteiger partial charge < -0.3 is 4.90 Å². The maximum absolute atomic E-state index is 13.0. The van der Waals surface area contributed by atoms with Crippen molar-refractivity contribution in [2.24, 2.45) is 0 Å². The molecular formula is C13H18FN3O3S. The van der Waals surface area contributed by atoms with E-state index in [1.807, 2.05) is 6.92 Å². The summed E-state index contributed by atoms with van der Waals surface area (Å²) in [5.41, 5.74) is 0.229. The van der Waals surface area contributed by atoms with Crippen LogP contribution >= 0.6 is 0 Å². The SMILES string of the molecule is CCCS(=O)(=O)N1CCN(C(=O)c2ccnc(F)c2)CC1. The Balaban J connectivity index is 2.00. The summed E-state index contributed by atoms with van der Waals surface area (Å²) < 4.78 is 38.3. The minimum Gasteiger partial charge on any atom is -0.336 e. The molecule has 0 aromatic carbocycles. The van der Waals surface area contributed by atoms with Crippen LogP contribution in [-0.4, -0.2) is 60.4 Å². The lowest BCUT2D eigenvalue weighted by Crippen LogP contribution is -2.51. The van der Waals surface area contributed by atoms with Gasteiger partial charge in [0.05, 0.1) is 5.75 Å². The summed E-state index contributed by atoms with van der Waals surface area (Å²) in [6.45, 7) is 3.00. The maximum atomic E-state index is 13.0. The third-order valence-electron chi connectivity index (χ3n) is 3.35. The molecule has 6 nitrogen and oxygen atoms in total. The highest BCUT2D eigenvalue weighted by Crippen LogP contribution is 2.12. The third kappa shape index (κ3) is 3.76. The number of pyridine rings is 1. The standard InChI is InChI=1S/C13H18FN3O3S/c1-2-9-21(19,20)17-7-5-16(6-8-17)13(18)11-3-4-15-12(14)10-11/h3-4,10H,2,5-9H2,1H3. The number of amides is 1. The second-order valence-electron chi connectivity index (χ2n) is 4.87. The van der Waals surface area contributed by atoms with Gasteiger partial charge in [-0.1, -0.05) is 6.92 Å². The predicted molar refractivity (Wildman–Crippen MR) is 75.7 cm³/mol. The second kappa shape index (κ2) is 6.48. The summed E-state index contributed by atoms with van der Waals surface area (Å²) in [5, 5.41) is 0. The number of rotatable bonds is 4. The van der Waals surface area contributed by atoms with Crippen LogP contribution < -0.4 is 0 Å². The molecule has 0 unspecified atom stereocenters. The fourth-order valence-corrected chi connectivity index (χ4v) is 3.77. The van der Waals surface area contributed by atoms with Crippen molar-refractivity contribution < 1.29 is 17.6 Å². The molecule has 0 bridgehead atoms. The van der Waals surface area contributed by atoms with Gasteiger partial charge in [0.25, 0.3) is 5.91 Å². The molecule has 1 aromatic rings. The van der Waals surface area contributed by atoms with E-state index in [2.05, 4.69) is 4.98 Å². The van der Waals surface area contributed by atoms with Crippen molar-refractivity contribution in [3.63, 3.8) is 0 Å². The molecule has 1 fully saturated rings. The Kier molecular flexibility index (Phi) is 4.89. The zero-order valence-corrected chi connectivity index (χ0v) is 12.6. The van der Waals surface area contributed by atoms with E-state index < -0.39 is 16.0 Å². The highest BCUT2D eigenvalue weighted by molar-refractivity contribution is 7.89. The molecule has 0 atom stereocenters. The second-order valence-corrected chi connectivity index (χ2v) is 6.96. The lowest BCUT2D eigenvalue weighted by atomic mass is 10.2. The molecule has 21 heavy (non-hydrogen) atoms. The van der Waals surface area contributed by atoms with E-state index in [9.17, 15) is 17.6 Å². The molecule has 1 aliphatic heterocycles. The highest BCUT2D eigenvalue weighted by atomic mass is 32.2. The Morgan fingerprint density at radius 2 is 2.00 bits per heavy atom. The van der Waals surface area contributed by atoms with E-state index in [1.165, 1.54) is 21.5 Å². The quantitative estimate of drug-likeness (QED) is 0.768. The van der Waals surface area contributed by atoms with Gasteiger partial charge in [0.1, 0.15) is 0 Å². The number of nitrogens with zero attached hydrogens (tertiary/aromatic N) is 3. The van der Waals surface area contributed by atoms with Gasteiger partial charge in [-0.25, -0.2) is 13.4 Å². The Labute approximate surface area is 123 Å². The van der Waals surface area contributed by atoms with Gasteiger partial charge in [-0.15, -0.1) is 0 Å². The predicted octanol–water partition coefficient (Wildman–Crippen LogP) is 0.718. The van der Waals surface area contributed by atoms with Crippen LogP contribution in [0, 0.1) is 5.95 Å². The smallest absolute Gasteiger partial charge is 0.254 e. The molecule has 0 aliphatic carbocycles. The summed E-state index contributed by atoms with van der Waals surface area (Å²) in [6, 6.07) is 2.54. The van der Waals surface area contributed by atoms with Crippen molar-refractivity contribution in [1.29, 1.82) is 0 Å². The Morgan fingerprint density at radius 1 is 1.33 bits per heavy atom. The largest absolute Gasteiger partial charge is 0.336 e. The van der Waals surface area contributed by atoms with Crippen LogP contribution in [0.4, 0.5) is 4.39 Å². The van der Waals surface area contributed by atoms with Crippen LogP contribution in [0.1, 0.15) is 23.7 Å². The number of halogens is 1. The van der Waals surface area contributed by atoms with Gasteiger partial charge in [0.15, 0.2) is 0 Å². The first-order valence-corrected chi connectivity index (χ1v) is 8.43.